The summed E-state index contributed by atoms with van der Waals surface area (Å²) < 4.78 is 235. The fourth-order valence-electron chi connectivity index (χ4n) is 5.37. The second-order valence-electron chi connectivity index (χ2n) is 12.0. The minimum Gasteiger partial charge on any atom is -0.312 e. The van der Waals surface area contributed by atoms with Crippen molar-refractivity contribution in [2.24, 2.45) is 0 Å². The molecule has 0 saturated carbocycles. The van der Waals surface area contributed by atoms with E-state index in [1.807, 2.05) is 26.0 Å². The average molecular weight is 774 g/mol. The zero-order valence-electron chi connectivity index (χ0n) is 27.4. The second kappa shape index (κ2) is 14.7. The molecule has 5 rings (SSSR count). The van der Waals surface area contributed by atoms with Crippen LogP contribution in [0.5, 0.6) is 0 Å². The minimum atomic E-state index is -2.63. The van der Waals surface area contributed by atoms with E-state index in [9.17, 15) is 35.1 Å². The van der Waals surface area contributed by atoms with Crippen molar-refractivity contribution in [3.05, 3.63) is 129 Å². The molecule has 0 fully saturated rings. The number of benzene rings is 5. The van der Waals surface area contributed by atoms with Gasteiger partial charge in [0.2, 0.25) is 17.3 Å². The summed E-state index contributed by atoms with van der Waals surface area (Å²) in [6, 6.07) is -0.555. The molecule has 0 radical (unpaired) electrons. The van der Waals surface area contributed by atoms with Crippen molar-refractivity contribution >= 4 is 11.4 Å². The number of nitrogens with zero attached hydrogens (tertiary/aromatic N) is 2. The molecule has 5 aromatic carbocycles. The Kier molecular flexibility index (Phi) is 11.3. The first-order valence-corrected chi connectivity index (χ1v) is 14.4. The monoisotopic (exact) mass is 773 g/mol. The van der Waals surface area contributed by atoms with Crippen LogP contribution in [0.1, 0.15) is 0 Å². The molecule has 2 nitrogen and oxygen atoms in total. The lowest BCUT2D eigenvalue weighted by atomic mass is 9.84. The molecule has 0 amide bonds. The van der Waals surface area contributed by atoms with Crippen LogP contribution < -0.4 is 4.48 Å². The van der Waals surface area contributed by atoms with Gasteiger partial charge in [-0.25, -0.2) is 65.9 Å². The predicted octanol–water partition coefficient (Wildman–Crippen LogP) is 11.0. The summed E-state index contributed by atoms with van der Waals surface area (Å²) in [5.41, 5.74) is -13.3. The maximum Gasteiger partial charge on any atom is 0.225 e. The molecule has 0 bridgehead atoms. The molecule has 0 atom stereocenters. The van der Waals surface area contributed by atoms with Crippen molar-refractivity contribution in [2.45, 2.75) is 0 Å². The first kappa shape index (κ1) is 40.7. The van der Waals surface area contributed by atoms with Gasteiger partial charge in [-0.05, 0) is 32.8 Å². The molecular formula is C35H21F16N2+. The molecule has 0 spiro atoms. The van der Waals surface area contributed by atoms with Crippen LogP contribution in [0.15, 0.2) is 36.4 Å². The van der Waals surface area contributed by atoms with E-state index in [1.54, 1.807) is 0 Å². The largest absolute Gasteiger partial charge is 0.312 e. The number of quaternary nitrogens is 1. The quantitative estimate of drug-likeness (QED) is 0.0744. The normalized spacial score (nSPS) is 11.7. The van der Waals surface area contributed by atoms with Crippen LogP contribution in [0, 0.1) is 93.1 Å². The van der Waals surface area contributed by atoms with Crippen LogP contribution >= 0.6 is 0 Å². The molecule has 0 aliphatic carbocycles. The van der Waals surface area contributed by atoms with E-state index in [4.69, 9.17) is 0 Å². The highest BCUT2D eigenvalue weighted by Gasteiger charge is 2.41. The summed E-state index contributed by atoms with van der Waals surface area (Å²) in [4.78, 5) is 2.00. The molecule has 5 aromatic rings. The second-order valence-corrected chi connectivity index (χ2v) is 12.0. The van der Waals surface area contributed by atoms with Gasteiger partial charge in [0.1, 0.15) is 23.1 Å². The molecule has 0 aromatic heterocycles. The summed E-state index contributed by atoms with van der Waals surface area (Å²) in [7, 11) is 7.29. The summed E-state index contributed by atoms with van der Waals surface area (Å²) in [5.74, 6) is -37.2. The van der Waals surface area contributed by atoms with Crippen LogP contribution in [0.2, 0.25) is 0 Å². The van der Waals surface area contributed by atoms with Gasteiger partial charge in [0.05, 0.1) is 36.3 Å². The number of rotatable bonds is 5. The van der Waals surface area contributed by atoms with Crippen LogP contribution in [0.25, 0.3) is 33.4 Å². The maximum atomic E-state index is 15.6. The topological polar surface area (TPSA) is 3.24 Å². The van der Waals surface area contributed by atoms with Crippen LogP contribution in [-0.2, 0) is 0 Å². The number of hydrogen-bond donors (Lipinski definition) is 0. The Labute approximate surface area is 289 Å². The Hall–Kier alpha value is -5.10. The van der Waals surface area contributed by atoms with Crippen LogP contribution in [-0.4, -0.2) is 40.1 Å². The van der Waals surface area contributed by atoms with Crippen molar-refractivity contribution in [3.63, 3.8) is 0 Å². The standard InChI is InChI=1S/C32H12F16N.C3H9N/c1-49(2,32-17(40)8-16(39)27(44)31(32)48)18-4-3-9(19-10(33)5-13(36)24(41)28(19)45)20(21-11(34)6-14(37)25(42)29(21)46)23(18)22-12(35)7-15(38)26(43)30(22)47;1-4(2)3/h3-8H,1-2H3;1-3H3/q+1;. The average Bonchev–Trinajstić information content (AvgIpc) is 3.04. The molecule has 0 saturated heterocycles. The van der Waals surface area contributed by atoms with E-state index in [-0.39, 0.29) is 18.2 Å². The van der Waals surface area contributed by atoms with Crippen molar-refractivity contribution in [2.75, 3.05) is 35.2 Å². The van der Waals surface area contributed by atoms with Gasteiger partial charge in [-0.15, -0.1) is 0 Å². The summed E-state index contributed by atoms with van der Waals surface area (Å²) in [6.45, 7) is 0. The minimum absolute atomic E-state index is 0.206. The Morgan fingerprint density at radius 1 is 0.358 bits per heavy atom. The molecule has 0 aliphatic heterocycles. The lowest BCUT2D eigenvalue weighted by Crippen LogP contribution is -2.37. The van der Waals surface area contributed by atoms with Gasteiger partial charge >= 0.3 is 0 Å². The van der Waals surface area contributed by atoms with Gasteiger partial charge in [-0.3, -0.25) is 4.48 Å². The van der Waals surface area contributed by atoms with Crippen molar-refractivity contribution in [1.82, 2.24) is 9.38 Å². The van der Waals surface area contributed by atoms with E-state index in [0.29, 0.717) is 26.2 Å². The van der Waals surface area contributed by atoms with Crippen molar-refractivity contribution in [3.8, 4) is 33.4 Å². The van der Waals surface area contributed by atoms with Crippen molar-refractivity contribution in [1.29, 1.82) is 0 Å². The molecule has 282 valence electrons. The molecule has 18 heteroatoms. The van der Waals surface area contributed by atoms with E-state index < -0.39 is 148 Å². The molecule has 0 N–H and O–H groups in total. The third kappa shape index (κ3) is 7.04. The third-order valence-corrected chi connectivity index (χ3v) is 7.55. The van der Waals surface area contributed by atoms with Crippen LogP contribution in [0.3, 0.4) is 0 Å². The smallest absolute Gasteiger partial charge is 0.225 e. The van der Waals surface area contributed by atoms with Crippen LogP contribution in [0.4, 0.5) is 81.6 Å². The molecular weight excluding hydrogens is 752 g/mol. The zero-order valence-corrected chi connectivity index (χ0v) is 27.4. The molecule has 0 aliphatic rings. The molecule has 0 unspecified atom stereocenters. The number of hydrogen-bond acceptors (Lipinski definition) is 1. The Balaban J connectivity index is 0.00000149. The van der Waals surface area contributed by atoms with Gasteiger partial charge in [-0.1, -0.05) is 0 Å². The molecule has 0 heterocycles. The van der Waals surface area contributed by atoms with Gasteiger partial charge in [-0.2, -0.15) is 4.39 Å². The fourth-order valence-corrected chi connectivity index (χ4v) is 5.37. The highest BCUT2D eigenvalue weighted by atomic mass is 19.2. The Morgan fingerprint density at radius 3 is 1.09 bits per heavy atom. The summed E-state index contributed by atoms with van der Waals surface area (Å²) in [5, 5.41) is 0. The van der Waals surface area contributed by atoms with Gasteiger partial charge in [0.15, 0.2) is 64.0 Å². The lowest BCUT2D eigenvalue weighted by Gasteiger charge is -2.33. The number of halogens is 16. The molecule has 53 heavy (non-hydrogen) atoms. The lowest BCUT2D eigenvalue weighted by molar-refractivity contribution is 0.406. The highest BCUT2D eigenvalue weighted by molar-refractivity contribution is 6.01. The highest BCUT2D eigenvalue weighted by Crippen LogP contribution is 2.53. The predicted molar refractivity (Wildman–Crippen MR) is 161 cm³/mol. The van der Waals surface area contributed by atoms with E-state index >= 15 is 35.1 Å². The van der Waals surface area contributed by atoms with E-state index in [0.717, 1.165) is 0 Å². The summed E-state index contributed by atoms with van der Waals surface area (Å²) in [6.07, 6.45) is 0. The first-order valence-electron chi connectivity index (χ1n) is 14.4. The summed E-state index contributed by atoms with van der Waals surface area (Å²) >= 11 is 0. The Morgan fingerprint density at radius 2 is 0.679 bits per heavy atom. The van der Waals surface area contributed by atoms with E-state index in [1.165, 1.54) is 0 Å². The van der Waals surface area contributed by atoms with Gasteiger partial charge < -0.3 is 4.90 Å². The van der Waals surface area contributed by atoms with Gasteiger partial charge in [0.25, 0.3) is 0 Å². The van der Waals surface area contributed by atoms with Crippen molar-refractivity contribution < 1.29 is 70.2 Å². The Bertz CT molecular complexity index is 2280. The zero-order chi connectivity index (χ0) is 40.2. The SMILES string of the molecule is CN(C)C.C[N+](C)(c1ccc(-c2c(F)cc(F)c(F)c2F)c(-c2c(F)cc(F)c(F)c2F)c1-c1c(F)cc(F)c(F)c1F)c1c(F)cc(F)c(F)c1F. The van der Waals surface area contributed by atoms with E-state index in [2.05, 4.69) is 0 Å². The van der Waals surface area contributed by atoms with Gasteiger partial charge in [0, 0.05) is 35.9 Å². The first-order chi connectivity index (χ1) is 24.5. The fraction of sp³-hybridized carbons (Fsp3) is 0.143. The maximum absolute atomic E-state index is 15.6. The third-order valence-electron chi connectivity index (χ3n) is 7.55.